The van der Waals surface area contributed by atoms with Gasteiger partial charge in [-0.25, -0.2) is 0 Å². The number of anilines is 2. The highest BCUT2D eigenvalue weighted by Gasteiger charge is 2.23. The van der Waals surface area contributed by atoms with Gasteiger partial charge in [0.1, 0.15) is 0 Å². The summed E-state index contributed by atoms with van der Waals surface area (Å²) >= 11 is 18.3. The van der Waals surface area contributed by atoms with Gasteiger partial charge in [0.05, 0.1) is 24.5 Å². The van der Waals surface area contributed by atoms with E-state index < -0.39 is 0 Å². The van der Waals surface area contributed by atoms with Crippen LogP contribution in [0, 0.1) is 0 Å². The first kappa shape index (κ1) is 30.7. The van der Waals surface area contributed by atoms with Crippen LogP contribution in [0.3, 0.4) is 0 Å². The number of nitrogens with one attached hydrogen (secondary N) is 2. The number of piperazine rings is 1. The van der Waals surface area contributed by atoms with Crippen molar-refractivity contribution in [3.05, 3.63) is 92.4 Å². The molecule has 0 saturated carbocycles. The number of hydrogen-bond acceptors (Lipinski definition) is 6. The van der Waals surface area contributed by atoms with Crippen LogP contribution >= 0.6 is 34.8 Å². The smallest absolute Gasteiger partial charge is 0.320 e. The van der Waals surface area contributed by atoms with E-state index in [4.69, 9.17) is 39.5 Å². The average Bonchev–Trinajstić information content (AvgIpc) is 2.95. The van der Waals surface area contributed by atoms with E-state index in [1.54, 1.807) is 55.5 Å². The molecular weight excluding hydrogens is 587 g/mol. The van der Waals surface area contributed by atoms with Gasteiger partial charge in [-0.15, -0.1) is 0 Å². The largest absolute Gasteiger partial charge is 0.465 e. The molecule has 0 radical (unpaired) electrons. The van der Waals surface area contributed by atoms with Crippen molar-refractivity contribution < 1.29 is 19.1 Å². The van der Waals surface area contributed by atoms with E-state index in [0.29, 0.717) is 77.6 Å². The summed E-state index contributed by atoms with van der Waals surface area (Å²) in [4.78, 5) is 42.2. The monoisotopic (exact) mass is 616 g/mol. The minimum atomic E-state index is -0.343. The van der Waals surface area contributed by atoms with E-state index in [1.807, 2.05) is 17.0 Å². The molecule has 8 nitrogen and oxygen atoms in total. The van der Waals surface area contributed by atoms with Gasteiger partial charge in [-0.2, -0.15) is 0 Å². The number of ether oxygens (including phenoxy) is 1. The predicted octanol–water partition coefficient (Wildman–Crippen LogP) is 5.56. The molecule has 11 heteroatoms. The molecule has 1 aliphatic rings. The first-order valence-corrected chi connectivity index (χ1v) is 14.4. The molecule has 2 N–H and O–H groups in total. The van der Waals surface area contributed by atoms with Crippen molar-refractivity contribution in [3.63, 3.8) is 0 Å². The Balaban J connectivity index is 1.49. The molecule has 216 valence electrons. The minimum absolute atomic E-state index is 0.236. The number of carbonyl (C=O) groups excluding carboxylic acids is 3. The first-order chi connectivity index (χ1) is 19.7. The number of carbonyl (C=O) groups is 3. The number of nitrogens with zero attached hydrogens (tertiary/aromatic N) is 2. The van der Waals surface area contributed by atoms with Gasteiger partial charge < -0.3 is 20.3 Å². The molecule has 0 spiro atoms. The van der Waals surface area contributed by atoms with Crippen LogP contribution in [0.5, 0.6) is 0 Å². The Hall–Kier alpha value is -3.30. The van der Waals surface area contributed by atoms with Crippen molar-refractivity contribution in [2.24, 2.45) is 0 Å². The van der Waals surface area contributed by atoms with Gasteiger partial charge in [0.2, 0.25) is 0 Å². The van der Waals surface area contributed by atoms with Crippen molar-refractivity contribution >= 4 is 64.0 Å². The Bertz CT molecular complexity index is 1410. The average molecular weight is 618 g/mol. The fraction of sp³-hybridized carbons (Fsp3) is 0.300. The van der Waals surface area contributed by atoms with Gasteiger partial charge in [0, 0.05) is 58.9 Å². The van der Waals surface area contributed by atoms with Crippen LogP contribution < -0.4 is 15.5 Å². The summed E-state index contributed by atoms with van der Waals surface area (Å²) in [6.45, 7) is 5.30. The van der Waals surface area contributed by atoms with E-state index in [1.165, 1.54) is 0 Å². The summed E-state index contributed by atoms with van der Waals surface area (Å²) in [6.07, 6.45) is 0.536. The molecule has 0 aromatic heterocycles. The van der Waals surface area contributed by atoms with Crippen molar-refractivity contribution in [2.75, 3.05) is 56.1 Å². The fourth-order valence-corrected chi connectivity index (χ4v) is 5.24. The van der Waals surface area contributed by atoms with E-state index in [2.05, 4.69) is 15.5 Å². The second kappa shape index (κ2) is 14.5. The quantitative estimate of drug-likeness (QED) is 0.290. The lowest BCUT2D eigenvalue weighted by Crippen LogP contribution is -2.48. The third-order valence-corrected chi connectivity index (χ3v) is 7.48. The zero-order valence-corrected chi connectivity index (χ0v) is 24.9. The van der Waals surface area contributed by atoms with Crippen LogP contribution in [-0.2, 0) is 16.0 Å². The van der Waals surface area contributed by atoms with E-state index in [0.717, 1.165) is 11.3 Å². The molecule has 41 heavy (non-hydrogen) atoms. The van der Waals surface area contributed by atoms with Crippen molar-refractivity contribution in [1.82, 2.24) is 10.2 Å². The highest BCUT2D eigenvalue weighted by molar-refractivity contribution is 6.35. The molecule has 1 aliphatic heterocycles. The Kier molecular flexibility index (Phi) is 10.9. The number of halogens is 3. The molecular formula is C30H31Cl3N4O4. The van der Waals surface area contributed by atoms with Gasteiger partial charge in [0.25, 0.3) is 11.8 Å². The number of rotatable bonds is 10. The predicted molar refractivity (Wildman–Crippen MR) is 164 cm³/mol. The van der Waals surface area contributed by atoms with Crippen LogP contribution in [0.1, 0.15) is 33.2 Å². The maximum Gasteiger partial charge on any atom is 0.320 e. The molecule has 0 bridgehead atoms. The van der Waals surface area contributed by atoms with E-state index in [9.17, 15) is 14.4 Å². The molecule has 2 amide bonds. The highest BCUT2D eigenvalue weighted by atomic mass is 35.5. The lowest BCUT2D eigenvalue weighted by molar-refractivity contribution is -0.144. The van der Waals surface area contributed by atoms with Gasteiger partial charge in [-0.05, 0) is 67.4 Å². The molecule has 0 atom stereocenters. The van der Waals surface area contributed by atoms with E-state index >= 15 is 0 Å². The van der Waals surface area contributed by atoms with Crippen LogP contribution in [0.25, 0.3) is 0 Å². The number of esters is 1. The van der Waals surface area contributed by atoms with Gasteiger partial charge in [0.15, 0.2) is 0 Å². The van der Waals surface area contributed by atoms with Crippen molar-refractivity contribution in [3.8, 4) is 0 Å². The molecule has 1 heterocycles. The zero-order valence-electron chi connectivity index (χ0n) is 22.6. The van der Waals surface area contributed by atoms with Gasteiger partial charge >= 0.3 is 5.97 Å². The van der Waals surface area contributed by atoms with E-state index in [-0.39, 0.29) is 24.3 Å². The zero-order chi connectivity index (χ0) is 29.4. The fourth-order valence-electron chi connectivity index (χ4n) is 4.55. The molecule has 4 rings (SSSR count). The summed E-state index contributed by atoms with van der Waals surface area (Å²) in [5, 5.41) is 7.43. The first-order valence-electron chi connectivity index (χ1n) is 13.3. The summed E-state index contributed by atoms with van der Waals surface area (Å²) in [5.74, 6) is -0.868. The normalized spacial score (nSPS) is 13.5. The Morgan fingerprint density at radius 1 is 0.854 bits per heavy atom. The highest BCUT2D eigenvalue weighted by Crippen LogP contribution is 2.29. The molecule has 0 aliphatic carbocycles. The maximum absolute atomic E-state index is 13.1. The molecule has 1 fully saturated rings. The number of amides is 2. The van der Waals surface area contributed by atoms with Crippen LogP contribution in [0.2, 0.25) is 15.1 Å². The molecule has 3 aromatic carbocycles. The molecule has 0 unspecified atom stereocenters. The molecule has 3 aromatic rings. The number of hydrogen-bond donors (Lipinski definition) is 2. The summed E-state index contributed by atoms with van der Waals surface area (Å²) in [5.41, 5.74) is 2.96. The SMILES string of the molecule is CCOC(=O)CN1CCN(c2ccc(C(=O)NCCc3ccc(Cl)cc3Cl)cc2NC(=O)c2cccc(Cl)c2)CC1. The lowest BCUT2D eigenvalue weighted by atomic mass is 10.1. The molecule has 1 saturated heterocycles. The summed E-state index contributed by atoms with van der Waals surface area (Å²) in [7, 11) is 0. The topological polar surface area (TPSA) is 91.0 Å². The third kappa shape index (κ3) is 8.60. The minimum Gasteiger partial charge on any atom is -0.465 e. The standard InChI is InChI=1S/C30H31Cl3N4O4/c1-2-41-28(38)19-36-12-14-37(15-13-36)27-9-7-22(17-26(27)35-30(40)21-4-3-5-23(31)16-21)29(39)34-11-10-20-6-8-24(32)18-25(20)33/h3-9,16-18H,2,10-15,19H2,1H3,(H,34,39)(H,35,40). The Labute approximate surface area is 254 Å². The van der Waals surface area contributed by atoms with Crippen LogP contribution in [0.15, 0.2) is 60.7 Å². The number of benzene rings is 3. The summed E-state index contributed by atoms with van der Waals surface area (Å²) < 4.78 is 5.07. The van der Waals surface area contributed by atoms with Crippen molar-refractivity contribution in [1.29, 1.82) is 0 Å². The van der Waals surface area contributed by atoms with Gasteiger partial charge in [-0.1, -0.05) is 46.9 Å². The lowest BCUT2D eigenvalue weighted by Gasteiger charge is -2.36. The third-order valence-electron chi connectivity index (χ3n) is 6.66. The Morgan fingerprint density at radius 3 is 2.29 bits per heavy atom. The maximum atomic E-state index is 13.1. The van der Waals surface area contributed by atoms with Crippen LogP contribution in [0.4, 0.5) is 11.4 Å². The second-order valence-corrected chi connectivity index (χ2v) is 10.8. The van der Waals surface area contributed by atoms with Gasteiger partial charge in [-0.3, -0.25) is 19.3 Å². The van der Waals surface area contributed by atoms with Crippen LogP contribution in [-0.4, -0.2) is 68.6 Å². The van der Waals surface area contributed by atoms with Crippen molar-refractivity contribution in [2.45, 2.75) is 13.3 Å². The second-order valence-electron chi connectivity index (χ2n) is 9.51. The Morgan fingerprint density at radius 2 is 1.59 bits per heavy atom. The summed E-state index contributed by atoms with van der Waals surface area (Å²) in [6, 6.07) is 17.2.